The SMILES string of the molecule is COc1ccc(C(CNC(=O)Nc2ccc(F)c(F)c2F)N(C)C)cc1. The molecule has 5 nitrogen and oxygen atoms in total. The minimum Gasteiger partial charge on any atom is -0.497 e. The highest BCUT2D eigenvalue weighted by molar-refractivity contribution is 5.89. The summed E-state index contributed by atoms with van der Waals surface area (Å²) in [7, 11) is 5.27. The summed E-state index contributed by atoms with van der Waals surface area (Å²) in [5.41, 5.74) is 0.502. The Kier molecular flexibility index (Phi) is 6.46. The number of rotatable bonds is 6. The van der Waals surface area contributed by atoms with Crippen LogP contribution in [0.5, 0.6) is 5.75 Å². The molecule has 2 aromatic carbocycles. The smallest absolute Gasteiger partial charge is 0.319 e. The van der Waals surface area contributed by atoms with Crippen molar-refractivity contribution in [3.63, 3.8) is 0 Å². The third-order valence-electron chi connectivity index (χ3n) is 3.86. The number of carbonyl (C=O) groups excluding carboxylic acids is 1. The first kappa shape index (κ1) is 19.6. The molecule has 1 unspecified atom stereocenters. The Labute approximate surface area is 149 Å². The van der Waals surface area contributed by atoms with Crippen molar-refractivity contribution in [3.8, 4) is 5.75 Å². The van der Waals surface area contributed by atoms with Gasteiger partial charge in [0.25, 0.3) is 0 Å². The van der Waals surface area contributed by atoms with Crippen LogP contribution in [0, 0.1) is 17.5 Å². The van der Waals surface area contributed by atoms with Crippen molar-refractivity contribution < 1.29 is 22.7 Å². The summed E-state index contributed by atoms with van der Waals surface area (Å²) in [5, 5.41) is 4.77. The zero-order valence-corrected chi connectivity index (χ0v) is 14.6. The van der Waals surface area contributed by atoms with E-state index in [0.29, 0.717) is 5.75 Å². The lowest BCUT2D eigenvalue weighted by Crippen LogP contribution is -2.37. The molecule has 0 saturated carbocycles. The number of anilines is 1. The van der Waals surface area contributed by atoms with E-state index in [-0.39, 0.29) is 12.6 Å². The number of nitrogens with zero attached hydrogens (tertiary/aromatic N) is 1. The van der Waals surface area contributed by atoms with Gasteiger partial charge in [0.2, 0.25) is 0 Å². The minimum absolute atomic E-state index is 0.151. The number of likely N-dealkylation sites (N-methyl/N-ethyl adjacent to an activating group) is 1. The van der Waals surface area contributed by atoms with Crippen LogP contribution in [0.15, 0.2) is 36.4 Å². The highest BCUT2D eigenvalue weighted by atomic mass is 19.2. The molecule has 0 aliphatic carbocycles. The first-order valence-corrected chi connectivity index (χ1v) is 7.82. The number of methoxy groups -OCH3 is 1. The van der Waals surface area contributed by atoms with E-state index in [4.69, 9.17) is 4.74 Å². The molecule has 8 heteroatoms. The zero-order chi connectivity index (χ0) is 19.3. The lowest BCUT2D eigenvalue weighted by Gasteiger charge is -2.25. The average molecular weight is 367 g/mol. The molecule has 2 aromatic rings. The molecule has 0 aliphatic heterocycles. The topological polar surface area (TPSA) is 53.6 Å². The standard InChI is InChI=1S/C18H20F3N3O2/c1-24(2)15(11-4-6-12(26-3)7-5-11)10-22-18(25)23-14-9-8-13(19)16(20)17(14)21/h4-9,15H,10H2,1-3H3,(H2,22,23,25). The van der Waals surface area contributed by atoms with Crippen LogP contribution in [-0.4, -0.2) is 38.7 Å². The average Bonchev–Trinajstić information content (AvgIpc) is 2.62. The third-order valence-corrected chi connectivity index (χ3v) is 3.86. The maximum absolute atomic E-state index is 13.6. The Morgan fingerprint density at radius 1 is 1.08 bits per heavy atom. The number of hydrogen-bond donors (Lipinski definition) is 2. The number of benzene rings is 2. The van der Waals surface area contributed by atoms with Crippen LogP contribution in [0.2, 0.25) is 0 Å². The van der Waals surface area contributed by atoms with E-state index < -0.39 is 29.2 Å². The second-order valence-electron chi connectivity index (χ2n) is 5.81. The fraction of sp³-hybridized carbons (Fsp3) is 0.278. The number of ether oxygens (including phenoxy) is 1. The van der Waals surface area contributed by atoms with Crippen LogP contribution in [0.4, 0.5) is 23.7 Å². The molecular weight excluding hydrogens is 347 g/mol. The summed E-state index contributed by atoms with van der Waals surface area (Å²) in [5.74, 6) is -3.68. The predicted molar refractivity (Wildman–Crippen MR) is 92.8 cm³/mol. The molecule has 0 bridgehead atoms. The number of hydrogen-bond acceptors (Lipinski definition) is 3. The molecule has 2 amide bonds. The molecular formula is C18H20F3N3O2. The van der Waals surface area contributed by atoms with Crippen LogP contribution in [0.25, 0.3) is 0 Å². The van der Waals surface area contributed by atoms with Gasteiger partial charge in [-0.05, 0) is 43.9 Å². The van der Waals surface area contributed by atoms with E-state index in [9.17, 15) is 18.0 Å². The molecule has 0 aromatic heterocycles. The van der Waals surface area contributed by atoms with E-state index in [1.54, 1.807) is 7.11 Å². The first-order chi connectivity index (χ1) is 12.3. The van der Waals surface area contributed by atoms with E-state index in [2.05, 4.69) is 10.6 Å². The van der Waals surface area contributed by atoms with Crippen LogP contribution in [0.1, 0.15) is 11.6 Å². The summed E-state index contributed by atoms with van der Waals surface area (Å²) in [6.07, 6.45) is 0. The molecule has 26 heavy (non-hydrogen) atoms. The number of halogens is 3. The zero-order valence-electron chi connectivity index (χ0n) is 14.6. The molecule has 0 saturated heterocycles. The monoisotopic (exact) mass is 367 g/mol. The Hall–Kier alpha value is -2.74. The van der Waals surface area contributed by atoms with E-state index in [1.165, 1.54) is 0 Å². The molecule has 0 fully saturated rings. The number of carbonyl (C=O) groups is 1. The Balaban J connectivity index is 2.02. The summed E-state index contributed by atoms with van der Waals surface area (Å²) in [6.45, 7) is 0.219. The number of amides is 2. The Bertz CT molecular complexity index is 767. The van der Waals surface area contributed by atoms with Gasteiger partial charge in [-0.15, -0.1) is 0 Å². The second kappa shape index (κ2) is 8.57. The molecule has 1 atom stereocenters. The van der Waals surface area contributed by atoms with Gasteiger partial charge in [-0.3, -0.25) is 0 Å². The number of urea groups is 1. The summed E-state index contributed by atoms with van der Waals surface area (Å²) >= 11 is 0. The van der Waals surface area contributed by atoms with Crippen LogP contribution in [0.3, 0.4) is 0 Å². The first-order valence-electron chi connectivity index (χ1n) is 7.82. The maximum Gasteiger partial charge on any atom is 0.319 e. The minimum atomic E-state index is -1.63. The molecule has 2 N–H and O–H groups in total. The molecule has 0 spiro atoms. The fourth-order valence-electron chi connectivity index (χ4n) is 2.40. The lowest BCUT2D eigenvalue weighted by molar-refractivity contribution is 0.243. The Morgan fingerprint density at radius 3 is 2.31 bits per heavy atom. The van der Waals surface area contributed by atoms with Crippen molar-refractivity contribution in [3.05, 3.63) is 59.4 Å². The summed E-state index contributed by atoms with van der Waals surface area (Å²) < 4.78 is 44.9. The normalized spacial score (nSPS) is 12.0. The van der Waals surface area contributed by atoms with Gasteiger partial charge in [-0.2, -0.15) is 0 Å². The van der Waals surface area contributed by atoms with Gasteiger partial charge in [0.05, 0.1) is 18.8 Å². The van der Waals surface area contributed by atoms with Crippen molar-refractivity contribution in [1.82, 2.24) is 10.2 Å². The largest absolute Gasteiger partial charge is 0.497 e. The third kappa shape index (κ3) is 4.66. The van der Waals surface area contributed by atoms with Gasteiger partial charge in [-0.1, -0.05) is 12.1 Å². The van der Waals surface area contributed by atoms with Gasteiger partial charge in [0, 0.05) is 6.54 Å². The van der Waals surface area contributed by atoms with Gasteiger partial charge in [-0.25, -0.2) is 18.0 Å². The molecule has 0 heterocycles. The van der Waals surface area contributed by atoms with E-state index in [0.717, 1.165) is 17.7 Å². The van der Waals surface area contributed by atoms with Crippen LogP contribution in [-0.2, 0) is 0 Å². The fourth-order valence-corrected chi connectivity index (χ4v) is 2.40. The van der Waals surface area contributed by atoms with Crippen molar-refractivity contribution in [1.29, 1.82) is 0 Å². The number of nitrogens with one attached hydrogen (secondary N) is 2. The van der Waals surface area contributed by atoms with Gasteiger partial charge in [0.15, 0.2) is 17.5 Å². The lowest BCUT2D eigenvalue weighted by atomic mass is 10.1. The van der Waals surface area contributed by atoms with Crippen LogP contribution >= 0.6 is 0 Å². The summed E-state index contributed by atoms with van der Waals surface area (Å²) in [6, 6.07) is 8.19. The van der Waals surface area contributed by atoms with Crippen molar-refractivity contribution >= 4 is 11.7 Å². The van der Waals surface area contributed by atoms with Crippen LogP contribution < -0.4 is 15.4 Å². The van der Waals surface area contributed by atoms with Gasteiger partial charge in [0.1, 0.15) is 5.75 Å². The molecule has 0 aliphatic rings. The highest BCUT2D eigenvalue weighted by Crippen LogP contribution is 2.21. The van der Waals surface area contributed by atoms with Crippen molar-refractivity contribution in [2.24, 2.45) is 0 Å². The summed E-state index contributed by atoms with van der Waals surface area (Å²) in [4.78, 5) is 13.9. The quantitative estimate of drug-likeness (QED) is 0.768. The maximum atomic E-state index is 13.6. The molecule has 140 valence electrons. The molecule has 0 radical (unpaired) electrons. The van der Waals surface area contributed by atoms with Crippen molar-refractivity contribution in [2.75, 3.05) is 33.1 Å². The van der Waals surface area contributed by atoms with E-state index in [1.807, 2.05) is 43.3 Å². The second-order valence-corrected chi connectivity index (χ2v) is 5.81. The molecule has 2 rings (SSSR count). The van der Waals surface area contributed by atoms with Gasteiger partial charge < -0.3 is 20.3 Å². The van der Waals surface area contributed by atoms with Gasteiger partial charge >= 0.3 is 6.03 Å². The van der Waals surface area contributed by atoms with Crippen molar-refractivity contribution in [2.45, 2.75) is 6.04 Å². The Morgan fingerprint density at radius 2 is 1.73 bits per heavy atom. The van der Waals surface area contributed by atoms with E-state index >= 15 is 0 Å². The highest BCUT2D eigenvalue weighted by Gasteiger charge is 2.18. The predicted octanol–water partition coefficient (Wildman–Crippen LogP) is 3.54.